The summed E-state index contributed by atoms with van der Waals surface area (Å²) in [7, 11) is 1.51. The molecule has 10 heteroatoms. The summed E-state index contributed by atoms with van der Waals surface area (Å²) in [5.41, 5.74) is 0.577. The lowest BCUT2D eigenvalue weighted by Crippen LogP contribution is -2.43. The van der Waals surface area contributed by atoms with Gasteiger partial charge in [-0.2, -0.15) is 0 Å². The number of methoxy groups -OCH3 is 1. The zero-order chi connectivity index (χ0) is 29.5. The maximum Gasteiger partial charge on any atom is 0.251 e. The van der Waals surface area contributed by atoms with Crippen LogP contribution < -0.4 is 10.1 Å². The number of carbonyl (C=O) groups is 1. The number of hydrogen-bond donors (Lipinski definition) is 2. The van der Waals surface area contributed by atoms with Crippen LogP contribution in [0.3, 0.4) is 0 Å². The Bertz CT molecular complexity index is 1620. The Kier molecular flexibility index (Phi) is 7.50. The van der Waals surface area contributed by atoms with Crippen molar-refractivity contribution in [2.24, 2.45) is 0 Å². The minimum absolute atomic E-state index is 0.0542. The van der Waals surface area contributed by atoms with Crippen LogP contribution in [0, 0.1) is 18.6 Å². The molecule has 214 valence electrons. The van der Waals surface area contributed by atoms with E-state index in [4.69, 9.17) is 14.2 Å². The lowest BCUT2D eigenvalue weighted by atomic mass is 9.93. The van der Waals surface area contributed by atoms with Crippen LogP contribution in [-0.4, -0.2) is 47.3 Å². The molecule has 2 aromatic carbocycles. The summed E-state index contributed by atoms with van der Waals surface area (Å²) < 4.78 is 47.0. The first-order valence-corrected chi connectivity index (χ1v) is 13.1. The average Bonchev–Trinajstić information content (AvgIpc) is 3.32. The number of ether oxygens (including phenoxy) is 3. The Morgan fingerprint density at radius 2 is 1.93 bits per heavy atom. The van der Waals surface area contributed by atoms with E-state index in [1.54, 1.807) is 25.3 Å². The van der Waals surface area contributed by atoms with Crippen molar-refractivity contribution < 1.29 is 32.9 Å². The topological polar surface area (TPSA) is 103 Å². The van der Waals surface area contributed by atoms with Gasteiger partial charge in [0.1, 0.15) is 28.5 Å². The number of aliphatic hydroxyl groups is 1. The second-order valence-corrected chi connectivity index (χ2v) is 10.7. The molecule has 2 unspecified atom stereocenters. The van der Waals surface area contributed by atoms with E-state index >= 15 is 4.39 Å². The van der Waals surface area contributed by atoms with Gasteiger partial charge in [0.05, 0.1) is 32.0 Å². The number of aromatic nitrogens is 2. The molecule has 2 N–H and O–H groups in total. The van der Waals surface area contributed by atoms with Crippen LogP contribution >= 0.6 is 0 Å². The monoisotopic (exact) mass is 563 g/mol. The van der Waals surface area contributed by atoms with Crippen molar-refractivity contribution in [3.05, 3.63) is 88.7 Å². The van der Waals surface area contributed by atoms with E-state index in [0.29, 0.717) is 22.4 Å². The van der Waals surface area contributed by atoms with Crippen molar-refractivity contribution in [2.75, 3.05) is 20.3 Å². The van der Waals surface area contributed by atoms with E-state index < -0.39 is 28.9 Å². The number of benzene rings is 2. The van der Waals surface area contributed by atoms with Crippen molar-refractivity contribution >= 4 is 16.8 Å². The van der Waals surface area contributed by atoms with E-state index in [-0.39, 0.29) is 36.2 Å². The molecule has 0 spiro atoms. The quantitative estimate of drug-likeness (QED) is 0.321. The fourth-order valence-corrected chi connectivity index (χ4v) is 4.84. The molecular formula is C31H31F2N3O5. The summed E-state index contributed by atoms with van der Waals surface area (Å²) in [6.45, 7) is 6.61. The van der Waals surface area contributed by atoms with Gasteiger partial charge in [0.2, 0.25) is 5.79 Å². The number of aryl methyl sites for hydroxylation is 1. The molecule has 8 nitrogen and oxygen atoms in total. The van der Waals surface area contributed by atoms with Gasteiger partial charge < -0.3 is 24.6 Å². The molecule has 1 aliphatic heterocycles. The second kappa shape index (κ2) is 10.8. The Morgan fingerprint density at radius 3 is 2.56 bits per heavy atom. The molecule has 2 aromatic heterocycles. The predicted molar refractivity (Wildman–Crippen MR) is 148 cm³/mol. The molecule has 1 amide bonds. The van der Waals surface area contributed by atoms with E-state index in [1.165, 1.54) is 51.3 Å². The summed E-state index contributed by atoms with van der Waals surface area (Å²) in [6.07, 6.45) is 1.36. The van der Waals surface area contributed by atoms with Gasteiger partial charge in [0, 0.05) is 28.3 Å². The number of nitrogens with one attached hydrogen (secondary N) is 1. The fourth-order valence-electron chi connectivity index (χ4n) is 4.84. The van der Waals surface area contributed by atoms with Crippen molar-refractivity contribution in [3.63, 3.8) is 0 Å². The number of carbonyl (C=O) groups excluding carboxylic acids is 1. The molecule has 5 rings (SSSR count). The lowest BCUT2D eigenvalue weighted by molar-refractivity contribution is -0.173. The molecule has 3 heterocycles. The molecule has 4 aromatic rings. The van der Waals surface area contributed by atoms with E-state index in [1.807, 2.05) is 13.0 Å². The van der Waals surface area contributed by atoms with Gasteiger partial charge in [-0.15, -0.1) is 0 Å². The lowest BCUT2D eigenvalue weighted by Gasteiger charge is -2.30. The molecule has 0 saturated carbocycles. The number of halogens is 2. The van der Waals surface area contributed by atoms with Crippen molar-refractivity contribution in [2.45, 2.75) is 45.2 Å². The molecule has 0 radical (unpaired) electrons. The maximum absolute atomic E-state index is 15.7. The van der Waals surface area contributed by atoms with Gasteiger partial charge >= 0.3 is 0 Å². The Labute approximate surface area is 236 Å². The largest absolute Gasteiger partial charge is 0.494 e. The Morgan fingerprint density at radius 1 is 1.20 bits per heavy atom. The second-order valence-electron chi connectivity index (χ2n) is 10.7. The highest BCUT2D eigenvalue weighted by Gasteiger charge is 2.45. The minimum atomic E-state index is -1.60. The highest BCUT2D eigenvalue weighted by atomic mass is 19.1. The van der Waals surface area contributed by atoms with Gasteiger partial charge in [-0.05, 0) is 81.8 Å². The smallest absolute Gasteiger partial charge is 0.251 e. The highest BCUT2D eigenvalue weighted by Crippen LogP contribution is 2.38. The van der Waals surface area contributed by atoms with E-state index in [0.717, 1.165) is 10.9 Å². The number of hydrogen-bond acceptors (Lipinski definition) is 7. The Balaban J connectivity index is 1.54. The fraction of sp³-hybridized carbons (Fsp3) is 0.323. The summed E-state index contributed by atoms with van der Waals surface area (Å²) in [6, 6.07) is 11.8. The van der Waals surface area contributed by atoms with Crippen LogP contribution in [0.5, 0.6) is 5.75 Å². The van der Waals surface area contributed by atoms with Gasteiger partial charge in [0.15, 0.2) is 5.82 Å². The summed E-state index contributed by atoms with van der Waals surface area (Å²) in [4.78, 5) is 22.3. The summed E-state index contributed by atoms with van der Waals surface area (Å²) in [5.74, 6) is -2.81. The first-order valence-electron chi connectivity index (χ1n) is 13.1. The van der Waals surface area contributed by atoms with Crippen molar-refractivity contribution in [1.82, 2.24) is 15.3 Å². The first kappa shape index (κ1) is 28.5. The van der Waals surface area contributed by atoms with Gasteiger partial charge in [-0.3, -0.25) is 9.78 Å². The normalized spacial score (nSPS) is 19.0. The predicted octanol–water partition coefficient (Wildman–Crippen LogP) is 5.14. The van der Waals surface area contributed by atoms with Crippen LogP contribution in [0.15, 0.2) is 54.7 Å². The summed E-state index contributed by atoms with van der Waals surface area (Å²) >= 11 is 0. The SMILES string of the molecule is COc1cc(C(=O)NCC2(c3cc(C(C)(C)O)c(F)c(-c4ccc(F)cc4)n3)OCC(C)O2)cc2cc(C)cnc12. The van der Waals surface area contributed by atoms with Gasteiger partial charge in [-0.25, -0.2) is 13.8 Å². The van der Waals surface area contributed by atoms with Crippen LogP contribution in [0.4, 0.5) is 8.78 Å². The van der Waals surface area contributed by atoms with E-state index in [2.05, 4.69) is 15.3 Å². The molecule has 41 heavy (non-hydrogen) atoms. The standard InChI is InChI=1S/C31H31F2N3O5/c1-17-10-20-11-21(12-24(39-5)27(20)34-14-17)29(37)35-16-31(40-15-18(2)41-31)25-13-23(30(3,4)38)26(33)28(36-25)19-6-8-22(32)9-7-19/h6-14,18,38H,15-16H2,1-5H3,(H,35,37). The molecule has 1 saturated heterocycles. The van der Waals surface area contributed by atoms with E-state index in [9.17, 15) is 14.3 Å². The third kappa shape index (κ3) is 5.63. The third-order valence-corrected chi connectivity index (χ3v) is 6.92. The first-order chi connectivity index (χ1) is 19.4. The zero-order valence-corrected chi connectivity index (χ0v) is 23.4. The average molecular weight is 564 g/mol. The summed E-state index contributed by atoms with van der Waals surface area (Å²) in [5, 5.41) is 14.4. The molecule has 1 fully saturated rings. The van der Waals surface area contributed by atoms with Crippen LogP contribution in [0.2, 0.25) is 0 Å². The van der Waals surface area contributed by atoms with Crippen LogP contribution in [0.1, 0.15) is 48.0 Å². The van der Waals surface area contributed by atoms with Gasteiger partial charge in [-0.1, -0.05) is 0 Å². The van der Waals surface area contributed by atoms with Crippen molar-refractivity contribution in [3.8, 4) is 17.0 Å². The number of pyridine rings is 2. The highest BCUT2D eigenvalue weighted by molar-refractivity contribution is 6.00. The number of nitrogens with zero attached hydrogens (tertiary/aromatic N) is 2. The number of amides is 1. The zero-order valence-electron chi connectivity index (χ0n) is 23.4. The molecule has 1 aliphatic rings. The molecule has 0 bridgehead atoms. The Hall–Kier alpha value is -3.99. The molecule has 2 atom stereocenters. The van der Waals surface area contributed by atoms with Crippen molar-refractivity contribution in [1.29, 1.82) is 0 Å². The third-order valence-electron chi connectivity index (χ3n) is 6.92. The van der Waals surface area contributed by atoms with Gasteiger partial charge in [0.25, 0.3) is 5.91 Å². The number of fused-ring (bicyclic) bond motifs is 1. The van der Waals surface area contributed by atoms with Crippen LogP contribution in [0.25, 0.3) is 22.2 Å². The minimum Gasteiger partial charge on any atom is -0.494 e. The number of rotatable bonds is 7. The molecular weight excluding hydrogens is 532 g/mol. The maximum atomic E-state index is 15.7. The molecule has 0 aliphatic carbocycles. The van der Waals surface area contributed by atoms with Crippen LogP contribution in [-0.2, 0) is 20.9 Å².